The van der Waals surface area contributed by atoms with E-state index in [1.165, 1.54) is 0 Å². The van der Waals surface area contributed by atoms with E-state index in [4.69, 9.17) is 9.15 Å². The highest BCUT2D eigenvalue weighted by molar-refractivity contribution is 5.79. The van der Waals surface area contributed by atoms with Crippen LogP contribution in [0.3, 0.4) is 0 Å². The highest BCUT2D eigenvalue weighted by Crippen LogP contribution is 2.14. The molecule has 2 rings (SSSR count). The molecule has 0 aliphatic carbocycles. The van der Waals surface area contributed by atoms with Crippen LogP contribution in [0.15, 0.2) is 52.1 Å². The molecule has 0 spiro atoms. The highest BCUT2D eigenvalue weighted by atomic mass is 16.5. The van der Waals surface area contributed by atoms with Crippen molar-refractivity contribution in [3.63, 3.8) is 0 Å². The second-order valence-electron chi connectivity index (χ2n) is 5.71. The molecular weight excluding hydrogens is 290 g/mol. The van der Waals surface area contributed by atoms with Crippen LogP contribution in [-0.2, 0) is 13.1 Å². The van der Waals surface area contributed by atoms with Crippen LogP contribution < -0.4 is 15.4 Å². The van der Waals surface area contributed by atoms with Gasteiger partial charge in [0.2, 0.25) is 0 Å². The van der Waals surface area contributed by atoms with Gasteiger partial charge in [-0.3, -0.25) is 4.99 Å². The van der Waals surface area contributed by atoms with Gasteiger partial charge in [-0.15, -0.1) is 0 Å². The van der Waals surface area contributed by atoms with Gasteiger partial charge in [0, 0.05) is 13.6 Å². The summed E-state index contributed by atoms with van der Waals surface area (Å²) in [5.41, 5.74) is 1.15. The number of furan rings is 1. The van der Waals surface area contributed by atoms with E-state index in [-0.39, 0.29) is 0 Å². The third-order valence-corrected chi connectivity index (χ3v) is 3.18. The Bertz CT molecular complexity index is 606. The minimum atomic E-state index is 0.515. The zero-order valence-electron chi connectivity index (χ0n) is 14.0. The summed E-state index contributed by atoms with van der Waals surface area (Å²) in [6, 6.07) is 11.9. The number of ether oxygens (including phenoxy) is 1. The number of benzene rings is 1. The van der Waals surface area contributed by atoms with Crippen molar-refractivity contribution in [3.8, 4) is 5.75 Å². The van der Waals surface area contributed by atoms with E-state index in [0.29, 0.717) is 19.0 Å². The zero-order valence-corrected chi connectivity index (χ0v) is 14.0. The van der Waals surface area contributed by atoms with Crippen molar-refractivity contribution in [1.29, 1.82) is 0 Å². The molecule has 0 fully saturated rings. The molecule has 0 bridgehead atoms. The molecule has 5 nitrogen and oxygen atoms in total. The van der Waals surface area contributed by atoms with Gasteiger partial charge in [-0.1, -0.05) is 26.0 Å². The lowest BCUT2D eigenvalue weighted by Crippen LogP contribution is -2.36. The molecule has 23 heavy (non-hydrogen) atoms. The van der Waals surface area contributed by atoms with Crippen LogP contribution in [0.25, 0.3) is 0 Å². The molecule has 0 aliphatic heterocycles. The van der Waals surface area contributed by atoms with E-state index < -0.39 is 0 Å². The molecular formula is C18H25N3O2. The Morgan fingerprint density at radius 1 is 1.17 bits per heavy atom. The second kappa shape index (κ2) is 8.88. The molecule has 124 valence electrons. The first-order valence-electron chi connectivity index (χ1n) is 7.86. The fourth-order valence-electron chi connectivity index (χ4n) is 2.00. The smallest absolute Gasteiger partial charge is 0.191 e. The predicted octanol–water partition coefficient (Wildman–Crippen LogP) is 3.18. The summed E-state index contributed by atoms with van der Waals surface area (Å²) >= 11 is 0. The van der Waals surface area contributed by atoms with Crippen molar-refractivity contribution in [2.45, 2.75) is 26.9 Å². The Morgan fingerprint density at radius 3 is 2.70 bits per heavy atom. The van der Waals surface area contributed by atoms with E-state index in [2.05, 4.69) is 41.6 Å². The largest absolute Gasteiger partial charge is 0.493 e. The quantitative estimate of drug-likeness (QED) is 0.608. The number of rotatable bonds is 7. The molecule has 1 heterocycles. The molecule has 0 atom stereocenters. The Labute approximate surface area is 137 Å². The van der Waals surface area contributed by atoms with Crippen LogP contribution in [0.5, 0.6) is 5.75 Å². The maximum absolute atomic E-state index is 5.75. The van der Waals surface area contributed by atoms with Crippen molar-refractivity contribution < 1.29 is 9.15 Å². The number of hydrogen-bond donors (Lipinski definition) is 2. The molecule has 2 N–H and O–H groups in total. The highest BCUT2D eigenvalue weighted by Gasteiger charge is 2.02. The third-order valence-electron chi connectivity index (χ3n) is 3.18. The van der Waals surface area contributed by atoms with E-state index in [9.17, 15) is 0 Å². The van der Waals surface area contributed by atoms with Gasteiger partial charge in [-0.25, -0.2) is 0 Å². The fourth-order valence-corrected chi connectivity index (χ4v) is 2.00. The molecule has 0 saturated heterocycles. The SMILES string of the molecule is CN=C(NCc1cccc(OCC(C)C)c1)NCc1ccco1. The van der Waals surface area contributed by atoms with Gasteiger partial charge < -0.3 is 19.8 Å². The summed E-state index contributed by atoms with van der Waals surface area (Å²) in [5, 5.41) is 6.49. The second-order valence-corrected chi connectivity index (χ2v) is 5.71. The molecule has 2 aromatic rings. The number of aliphatic imine (C=N–C) groups is 1. The monoisotopic (exact) mass is 315 g/mol. The van der Waals surface area contributed by atoms with Crippen LogP contribution in [0, 0.1) is 5.92 Å². The summed E-state index contributed by atoms with van der Waals surface area (Å²) in [6.45, 7) is 6.28. The molecule has 0 radical (unpaired) electrons. The number of nitrogens with zero attached hydrogens (tertiary/aromatic N) is 1. The van der Waals surface area contributed by atoms with Gasteiger partial charge in [0.15, 0.2) is 5.96 Å². The fraction of sp³-hybridized carbons (Fsp3) is 0.389. The molecule has 0 amide bonds. The Hall–Kier alpha value is -2.43. The minimum absolute atomic E-state index is 0.515. The lowest BCUT2D eigenvalue weighted by atomic mass is 10.2. The Balaban J connectivity index is 1.82. The number of nitrogens with one attached hydrogen (secondary N) is 2. The van der Waals surface area contributed by atoms with E-state index in [1.54, 1.807) is 13.3 Å². The summed E-state index contributed by atoms with van der Waals surface area (Å²) < 4.78 is 11.0. The summed E-state index contributed by atoms with van der Waals surface area (Å²) in [6.07, 6.45) is 1.66. The van der Waals surface area contributed by atoms with Crippen molar-refractivity contribution >= 4 is 5.96 Å². The number of hydrogen-bond acceptors (Lipinski definition) is 3. The van der Waals surface area contributed by atoms with Crippen molar-refractivity contribution in [2.24, 2.45) is 10.9 Å². The molecule has 1 aromatic carbocycles. The van der Waals surface area contributed by atoms with Crippen molar-refractivity contribution in [1.82, 2.24) is 10.6 Å². The van der Waals surface area contributed by atoms with Gasteiger partial charge in [0.25, 0.3) is 0 Å². The molecule has 0 aliphatic rings. The molecule has 0 saturated carbocycles. The van der Waals surface area contributed by atoms with Crippen molar-refractivity contribution in [2.75, 3.05) is 13.7 Å². The summed E-state index contributed by atoms with van der Waals surface area (Å²) in [5.74, 6) is 3.02. The Morgan fingerprint density at radius 2 is 2.00 bits per heavy atom. The third kappa shape index (κ3) is 6.06. The first-order valence-corrected chi connectivity index (χ1v) is 7.86. The van der Waals surface area contributed by atoms with Crippen molar-refractivity contribution in [3.05, 3.63) is 54.0 Å². The van der Waals surface area contributed by atoms with Crippen LogP contribution in [0.4, 0.5) is 0 Å². The lowest BCUT2D eigenvalue weighted by molar-refractivity contribution is 0.271. The van der Waals surface area contributed by atoms with Crippen LogP contribution in [0.2, 0.25) is 0 Å². The maximum atomic E-state index is 5.75. The van der Waals surface area contributed by atoms with E-state index in [0.717, 1.165) is 29.6 Å². The normalized spacial score (nSPS) is 11.6. The first kappa shape index (κ1) is 16.9. The van der Waals surface area contributed by atoms with Gasteiger partial charge in [-0.2, -0.15) is 0 Å². The minimum Gasteiger partial charge on any atom is -0.493 e. The predicted molar refractivity (Wildman–Crippen MR) is 92.5 cm³/mol. The molecule has 5 heteroatoms. The van der Waals surface area contributed by atoms with Crippen LogP contribution in [0.1, 0.15) is 25.2 Å². The standard InChI is InChI=1S/C18H25N3O2/c1-14(2)13-23-16-7-4-6-15(10-16)11-20-18(19-3)21-12-17-8-5-9-22-17/h4-10,14H,11-13H2,1-3H3,(H2,19,20,21). The first-order chi connectivity index (χ1) is 11.2. The average molecular weight is 315 g/mol. The van der Waals surface area contributed by atoms with Crippen LogP contribution in [-0.4, -0.2) is 19.6 Å². The number of guanidine groups is 1. The van der Waals surface area contributed by atoms with Gasteiger partial charge in [0.1, 0.15) is 11.5 Å². The summed E-state index contributed by atoms with van der Waals surface area (Å²) in [4.78, 5) is 4.21. The Kier molecular flexibility index (Phi) is 6.54. The average Bonchev–Trinajstić information content (AvgIpc) is 3.07. The zero-order chi connectivity index (χ0) is 16.5. The maximum Gasteiger partial charge on any atom is 0.191 e. The summed E-state index contributed by atoms with van der Waals surface area (Å²) in [7, 11) is 1.75. The van der Waals surface area contributed by atoms with Gasteiger partial charge in [0.05, 0.1) is 19.4 Å². The molecule has 1 aromatic heterocycles. The van der Waals surface area contributed by atoms with Crippen LogP contribution >= 0.6 is 0 Å². The van der Waals surface area contributed by atoms with E-state index in [1.807, 2.05) is 24.3 Å². The van der Waals surface area contributed by atoms with Gasteiger partial charge in [-0.05, 0) is 35.7 Å². The molecule has 0 unspecified atom stereocenters. The van der Waals surface area contributed by atoms with E-state index >= 15 is 0 Å². The topological polar surface area (TPSA) is 58.8 Å². The van der Waals surface area contributed by atoms with Gasteiger partial charge >= 0.3 is 0 Å². The lowest BCUT2D eigenvalue weighted by Gasteiger charge is -2.13.